The predicted molar refractivity (Wildman–Crippen MR) is 87.4 cm³/mol. The van der Waals surface area contributed by atoms with Gasteiger partial charge in [-0.3, -0.25) is 0 Å². The minimum atomic E-state index is -0.738. The molecule has 5 heteroatoms. The second-order valence-electron chi connectivity index (χ2n) is 5.57. The summed E-state index contributed by atoms with van der Waals surface area (Å²) in [5, 5.41) is 0. The van der Waals surface area contributed by atoms with Crippen LogP contribution in [0, 0.1) is 0 Å². The Labute approximate surface area is 135 Å². The largest absolute Gasteiger partial charge is 0.497 e. The predicted octanol–water partition coefficient (Wildman–Crippen LogP) is 3.04. The van der Waals surface area contributed by atoms with Gasteiger partial charge in [0.2, 0.25) is 6.79 Å². The average molecular weight is 315 g/mol. The first-order valence-corrected chi connectivity index (χ1v) is 7.56. The highest BCUT2D eigenvalue weighted by Crippen LogP contribution is 2.43. The number of nitrogens with two attached hydrogens (primary N) is 1. The molecule has 0 radical (unpaired) electrons. The quantitative estimate of drug-likeness (QED) is 0.919. The van der Waals surface area contributed by atoms with E-state index in [1.54, 1.807) is 7.11 Å². The third kappa shape index (κ3) is 2.80. The number of methoxy groups -OCH3 is 1. The summed E-state index contributed by atoms with van der Waals surface area (Å²) in [4.78, 5) is 0. The van der Waals surface area contributed by atoms with E-state index in [-0.39, 0.29) is 6.79 Å². The Morgan fingerprint density at radius 3 is 2.39 bits per heavy atom. The highest BCUT2D eigenvalue weighted by atomic mass is 16.7. The number of hydrogen-bond acceptors (Lipinski definition) is 5. The van der Waals surface area contributed by atoms with Crippen LogP contribution in [0.15, 0.2) is 36.4 Å². The second-order valence-corrected chi connectivity index (χ2v) is 5.57. The Kier molecular flexibility index (Phi) is 4.05. The molecular weight excluding hydrogens is 294 g/mol. The van der Waals surface area contributed by atoms with E-state index in [0.717, 1.165) is 16.9 Å². The van der Waals surface area contributed by atoms with Gasteiger partial charge < -0.3 is 24.7 Å². The van der Waals surface area contributed by atoms with Gasteiger partial charge >= 0.3 is 0 Å². The summed E-state index contributed by atoms with van der Waals surface area (Å²) in [7, 11) is 1.64. The summed E-state index contributed by atoms with van der Waals surface area (Å²) < 4.78 is 21.9. The van der Waals surface area contributed by atoms with Crippen molar-refractivity contribution in [3.8, 4) is 23.0 Å². The fourth-order valence-corrected chi connectivity index (χ4v) is 2.70. The summed E-state index contributed by atoms with van der Waals surface area (Å²) in [5.41, 5.74) is 7.73. The first kappa shape index (κ1) is 15.5. The maximum absolute atomic E-state index is 6.66. The Bertz CT molecular complexity index is 695. The number of fused-ring (bicyclic) bond motifs is 1. The van der Waals surface area contributed by atoms with Crippen molar-refractivity contribution < 1.29 is 18.9 Å². The lowest BCUT2D eigenvalue weighted by molar-refractivity contribution is 0.173. The Balaban J connectivity index is 2.06. The molecule has 1 aliphatic rings. The Morgan fingerprint density at radius 1 is 1.13 bits per heavy atom. The molecule has 0 fully saturated rings. The van der Waals surface area contributed by atoms with Crippen molar-refractivity contribution in [1.82, 2.24) is 0 Å². The molecule has 0 amide bonds. The lowest BCUT2D eigenvalue weighted by Gasteiger charge is -2.28. The standard InChI is InChI=1S/C18H21NO4/c1-4-21-15-10-17-16(22-11-23-17)9-14(15)18(2,19)12-5-7-13(20-3)8-6-12/h5-10H,4,11,19H2,1-3H3. The zero-order valence-electron chi connectivity index (χ0n) is 13.6. The maximum Gasteiger partial charge on any atom is 0.231 e. The molecule has 1 aliphatic heterocycles. The molecule has 5 nitrogen and oxygen atoms in total. The lowest BCUT2D eigenvalue weighted by Crippen LogP contribution is -2.34. The van der Waals surface area contributed by atoms with Gasteiger partial charge in [0.1, 0.15) is 11.5 Å². The molecule has 0 bridgehead atoms. The minimum absolute atomic E-state index is 0.216. The van der Waals surface area contributed by atoms with Crippen LogP contribution in [-0.4, -0.2) is 20.5 Å². The fourth-order valence-electron chi connectivity index (χ4n) is 2.70. The normalized spacial score (nSPS) is 15.1. The van der Waals surface area contributed by atoms with E-state index in [1.807, 2.05) is 50.2 Å². The highest BCUT2D eigenvalue weighted by molar-refractivity contribution is 5.56. The van der Waals surface area contributed by atoms with Crippen LogP contribution in [0.3, 0.4) is 0 Å². The topological polar surface area (TPSA) is 62.9 Å². The van der Waals surface area contributed by atoms with E-state index in [0.29, 0.717) is 23.9 Å². The summed E-state index contributed by atoms with van der Waals surface area (Å²) in [5.74, 6) is 2.87. The number of rotatable bonds is 5. The van der Waals surface area contributed by atoms with E-state index >= 15 is 0 Å². The summed E-state index contributed by atoms with van der Waals surface area (Å²) >= 11 is 0. The van der Waals surface area contributed by atoms with Crippen LogP contribution in [0.2, 0.25) is 0 Å². The first-order chi connectivity index (χ1) is 11.1. The van der Waals surface area contributed by atoms with E-state index in [4.69, 9.17) is 24.7 Å². The molecule has 1 unspecified atom stereocenters. The van der Waals surface area contributed by atoms with Crippen LogP contribution >= 0.6 is 0 Å². The van der Waals surface area contributed by atoms with E-state index in [2.05, 4.69) is 0 Å². The maximum atomic E-state index is 6.66. The van der Waals surface area contributed by atoms with Gasteiger partial charge in [-0.2, -0.15) is 0 Å². The first-order valence-electron chi connectivity index (χ1n) is 7.56. The van der Waals surface area contributed by atoms with Gasteiger partial charge in [-0.1, -0.05) is 12.1 Å². The van der Waals surface area contributed by atoms with Gasteiger partial charge in [-0.05, 0) is 37.6 Å². The van der Waals surface area contributed by atoms with Crippen LogP contribution in [0.5, 0.6) is 23.0 Å². The van der Waals surface area contributed by atoms with Gasteiger partial charge in [0.25, 0.3) is 0 Å². The molecule has 0 aromatic heterocycles. The van der Waals surface area contributed by atoms with Gasteiger partial charge in [0, 0.05) is 11.6 Å². The monoisotopic (exact) mass is 315 g/mol. The molecule has 2 aromatic carbocycles. The molecule has 1 heterocycles. The summed E-state index contributed by atoms with van der Waals surface area (Å²) in [6, 6.07) is 11.5. The molecule has 3 rings (SSSR count). The number of hydrogen-bond donors (Lipinski definition) is 1. The summed E-state index contributed by atoms with van der Waals surface area (Å²) in [6.07, 6.45) is 0. The second kappa shape index (κ2) is 6.01. The third-order valence-corrected chi connectivity index (χ3v) is 4.02. The Morgan fingerprint density at radius 2 is 1.78 bits per heavy atom. The molecule has 23 heavy (non-hydrogen) atoms. The van der Waals surface area contributed by atoms with Crippen LogP contribution in [0.25, 0.3) is 0 Å². The molecule has 122 valence electrons. The van der Waals surface area contributed by atoms with Crippen molar-refractivity contribution in [3.63, 3.8) is 0 Å². The van der Waals surface area contributed by atoms with Crippen molar-refractivity contribution in [2.45, 2.75) is 19.4 Å². The number of benzene rings is 2. The molecular formula is C18H21NO4. The van der Waals surface area contributed by atoms with Crippen LogP contribution < -0.4 is 24.7 Å². The molecule has 0 aliphatic carbocycles. The van der Waals surface area contributed by atoms with Gasteiger partial charge in [0.05, 0.1) is 19.3 Å². The van der Waals surface area contributed by atoms with E-state index in [1.165, 1.54) is 0 Å². The van der Waals surface area contributed by atoms with E-state index in [9.17, 15) is 0 Å². The highest BCUT2D eigenvalue weighted by Gasteiger charge is 2.30. The summed E-state index contributed by atoms with van der Waals surface area (Å²) in [6.45, 7) is 4.66. The van der Waals surface area contributed by atoms with Crippen molar-refractivity contribution in [3.05, 3.63) is 47.5 Å². The van der Waals surface area contributed by atoms with E-state index < -0.39 is 5.54 Å². The average Bonchev–Trinajstić information content (AvgIpc) is 3.02. The molecule has 0 spiro atoms. The van der Waals surface area contributed by atoms with Crippen molar-refractivity contribution in [2.75, 3.05) is 20.5 Å². The van der Waals surface area contributed by atoms with Crippen LogP contribution in [0.1, 0.15) is 25.0 Å². The van der Waals surface area contributed by atoms with Crippen molar-refractivity contribution >= 4 is 0 Å². The molecule has 0 saturated carbocycles. The van der Waals surface area contributed by atoms with Crippen molar-refractivity contribution in [1.29, 1.82) is 0 Å². The fraction of sp³-hybridized carbons (Fsp3) is 0.333. The van der Waals surface area contributed by atoms with Crippen molar-refractivity contribution in [2.24, 2.45) is 5.73 Å². The SMILES string of the molecule is CCOc1cc2c(cc1C(C)(N)c1ccc(OC)cc1)OCO2. The van der Waals surface area contributed by atoms with Gasteiger partial charge in [-0.25, -0.2) is 0 Å². The van der Waals surface area contributed by atoms with Gasteiger partial charge in [-0.15, -0.1) is 0 Å². The molecule has 0 saturated heterocycles. The van der Waals surface area contributed by atoms with Crippen LogP contribution in [0.4, 0.5) is 0 Å². The number of ether oxygens (including phenoxy) is 4. The van der Waals surface area contributed by atoms with Crippen LogP contribution in [-0.2, 0) is 5.54 Å². The Hall–Kier alpha value is -2.40. The smallest absolute Gasteiger partial charge is 0.231 e. The molecule has 1 atom stereocenters. The van der Waals surface area contributed by atoms with Gasteiger partial charge in [0.15, 0.2) is 11.5 Å². The lowest BCUT2D eigenvalue weighted by atomic mass is 9.84. The third-order valence-electron chi connectivity index (χ3n) is 4.02. The molecule has 2 aromatic rings. The minimum Gasteiger partial charge on any atom is -0.497 e. The zero-order chi connectivity index (χ0) is 16.4. The zero-order valence-corrected chi connectivity index (χ0v) is 13.6. The molecule has 2 N–H and O–H groups in total.